The second-order valence-electron chi connectivity index (χ2n) is 5.70. The maximum atomic E-state index is 12.9. The minimum absolute atomic E-state index is 0.00638. The summed E-state index contributed by atoms with van der Waals surface area (Å²) in [7, 11) is 0. The highest BCUT2D eigenvalue weighted by Gasteiger charge is 2.57. The van der Waals surface area contributed by atoms with E-state index in [9.17, 15) is 9.59 Å². The Morgan fingerprint density at radius 2 is 2.30 bits per heavy atom. The topological polar surface area (TPSA) is 75.4 Å². The Labute approximate surface area is 137 Å². The molecular formula is C16H15N3O3S. The minimum atomic E-state index is -0.879. The van der Waals surface area contributed by atoms with Gasteiger partial charge in [-0.05, 0) is 25.5 Å². The molecule has 0 spiro atoms. The SMILES string of the molecule is Cc1cc(CNC(=O)[C@@]23CCC(=O)N2c2ccccc2S3)on1. The van der Waals surface area contributed by atoms with Gasteiger partial charge in [-0.2, -0.15) is 0 Å². The summed E-state index contributed by atoms with van der Waals surface area (Å²) < 4.78 is 5.12. The van der Waals surface area contributed by atoms with E-state index in [0.29, 0.717) is 18.6 Å². The Morgan fingerprint density at radius 3 is 3.09 bits per heavy atom. The zero-order chi connectivity index (χ0) is 16.0. The van der Waals surface area contributed by atoms with Gasteiger partial charge in [0.2, 0.25) is 5.91 Å². The first-order chi connectivity index (χ1) is 11.1. The van der Waals surface area contributed by atoms with E-state index in [0.717, 1.165) is 16.3 Å². The summed E-state index contributed by atoms with van der Waals surface area (Å²) in [6.07, 6.45) is 0.891. The number of aromatic nitrogens is 1. The van der Waals surface area contributed by atoms with Gasteiger partial charge in [0.1, 0.15) is 0 Å². The van der Waals surface area contributed by atoms with E-state index in [1.54, 1.807) is 11.0 Å². The summed E-state index contributed by atoms with van der Waals surface area (Å²) in [5.74, 6) is 0.426. The average Bonchev–Trinajstić information content (AvgIpc) is 3.19. The fraction of sp³-hybridized carbons (Fsp3) is 0.312. The highest BCUT2D eigenvalue weighted by atomic mass is 32.2. The molecule has 2 aromatic rings. The second kappa shape index (κ2) is 5.13. The number of carbonyl (C=O) groups is 2. The monoisotopic (exact) mass is 329 g/mol. The quantitative estimate of drug-likeness (QED) is 0.934. The predicted octanol–water partition coefficient (Wildman–Crippen LogP) is 2.23. The molecule has 2 amide bonds. The molecule has 0 bridgehead atoms. The molecule has 1 saturated heterocycles. The normalized spacial score (nSPS) is 22.1. The van der Waals surface area contributed by atoms with Gasteiger partial charge in [-0.15, -0.1) is 0 Å². The van der Waals surface area contributed by atoms with Gasteiger partial charge in [0.15, 0.2) is 10.6 Å². The third-order valence-corrected chi connectivity index (χ3v) is 5.60. The van der Waals surface area contributed by atoms with E-state index < -0.39 is 4.87 Å². The summed E-state index contributed by atoms with van der Waals surface area (Å²) in [6.45, 7) is 2.09. The summed E-state index contributed by atoms with van der Waals surface area (Å²) in [5, 5.41) is 6.69. The number of thioether (sulfide) groups is 1. The lowest BCUT2D eigenvalue weighted by Gasteiger charge is -2.29. The summed E-state index contributed by atoms with van der Waals surface area (Å²) >= 11 is 1.45. The molecule has 0 saturated carbocycles. The molecule has 1 N–H and O–H groups in total. The van der Waals surface area contributed by atoms with Crippen molar-refractivity contribution in [3.8, 4) is 0 Å². The number of rotatable bonds is 3. The summed E-state index contributed by atoms with van der Waals surface area (Å²) in [4.78, 5) is 26.9. The standard InChI is InChI=1S/C16H15N3O3S/c1-10-8-11(22-18-10)9-17-15(21)16-7-6-14(20)19(16)12-4-2-3-5-13(12)23-16/h2-5,8H,6-7,9H2,1H3,(H,17,21)/t16-/m0/s1. The van der Waals surface area contributed by atoms with Crippen LogP contribution in [0.2, 0.25) is 0 Å². The zero-order valence-electron chi connectivity index (χ0n) is 12.5. The van der Waals surface area contributed by atoms with Crippen molar-refractivity contribution < 1.29 is 14.1 Å². The van der Waals surface area contributed by atoms with Gasteiger partial charge in [-0.1, -0.05) is 29.1 Å². The molecule has 1 atom stereocenters. The molecule has 2 aliphatic heterocycles. The molecule has 4 rings (SSSR count). The highest BCUT2D eigenvalue weighted by molar-refractivity contribution is 8.02. The third kappa shape index (κ3) is 2.15. The fourth-order valence-electron chi connectivity index (χ4n) is 3.10. The van der Waals surface area contributed by atoms with Gasteiger partial charge < -0.3 is 9.84 Å². The lowest BCUT2D eigenvalue weighted by molar-refractivity contribution is -0.125. The Morgan fingerprint density at radius 1 is 1.48 bits per heavy atom. The molecular weight excluding hydrogens is 314 g/mol. The van der Waals surface area contributed by atoms with Crippen LogP contribution in [0.5, 0.6) is 0 Å². The minimum Gasteiger partial charge on any atom is -0.359 e. The Hall–Kier alpha value is -2.28. The van der Waals surface area contributed by atoms with Crippen molar-refractivity contribution in [3.05, 3.63) is 41.8 Å². The zero-order valence-corrected chi connectivity index (χ0v) is 13.4. The molecule has 23 heavy (non-hydrogen) atoms. The Bertz CT molecular complexity index is 803. The number of hydrogen-bond acceptors (Lipinski definition) is 5. The number of aryl methyl sites for hydroxylation is 1. The molecule has 1 aromatic heterocycles. The van der Waals surface area contributed by atoms with E-state index in [1.165, 1.54) is 11.8 Å². The first kappa shape index (κ1) is 14.3. The number of anilines is 1. The van der Waals surface area contributed by atoms with Crippen LogP contribution in [-0.2, 0) is 16.1 Å². The van der Waals surface area contributed by atoms with Gasteiger partial charge in [0.25, 0.3) is 5.91 Å². The molecule has 0 radical (unpaired) electrons. The van der Waals surface area contributed by atoms with E-state index >= 15 is 0 Å². The number of fused-ring (bicyclic) bond motifs is 3. The molecule has 1 aromatic carbocycles. The number of benzene rings is 1. The van der Waals surface area contributed by atoms with Crippen molar-refractivity contribution in [3.63, 3.8) is 0 Å². The van der Waals surface area contributed by atoms with Crippen LogP contribution < -0.4 is 10.2 Å². The van der Waals surface area contributed by atoms with E-state index in [1.807, 2.05) is 31.2 Å². The molecule has 118 valence electrons. The van der Waals surface area contributed by atoms with Gasteiger partial charge >= 0.3 is 0 Å². The third-order valence-electron chi connectivity index (χ3n) is 4.13. The Kier molecular flexibility index (Phi) is 3.19. The number of nitrogens with one attached hydrogen (secondary N) is 1. The second-order valence-corrected chi connectivity index (χ2v) is 7.02. The van der Waals surface area contributed by atoms with Crippen LogP contribution in [0.15, 0.2) is 39.8 Å². The van der Waals surface area contributed by atoms with E-state index in [2.05, 4.69) is 10.5 Å². The maximum absolute atomic E-state index is 12.9. The number of carbonyl (C=O) groups excluding carboxylic acids is 2. The largest absolute Gasteiger partial charge is 0.359 e. The van der Waals surface area contributed by atoms with Crippen LogP contribution in [0.25, 0.3) is 0 Å². The average molecular weight is 329 g/mol. The van der Waals surface area contributed by atoms with Crippen molar-refractivity contribution in [2.75, 3.05) is 4.90 Å². The van der Waals surface area contributed by atoms with Crippen molar-refractivity contribution in [1.29, 1.82) is 0 Å². The van der Waals surface area contributed by atoms with Gasteiger partial charge in [-0.25, -0.2) is 0 Å². The smallest absolute Gasteiger partial charge is 0.257 e. The Balaban J connectivity index is 1.59. The van der Waals surface area contributed by atoms with Crippen LogP contribution in [0.3, 0.4) is 0 Å². The first-order valence-corrected chi connectivity index (χ1v) is 8.23. The van der Waals surface area contributed by atoms with Crippen molar-refractivity contribution >= 4 is 29.3 Å². The molecule has 1 fully saturated rings. The number of nitrogens with zero attached hydrogens (tertiary/aromatic N) is 2. The molecule has 2 aliphatic rings. The van der Waals surface area contributed by atoms with Gasteiger partial charge in [-0.3, -0.25) is 14.5 Å². The van der Waals surface area contributed by atoms with E-state index in [4.69, 9.17) is 4.52 Å². The van der Waals surface area contributed by atoms with Gasteiger partial charge in [0, 0.05) is 17.4 Å². The fourth-order valence-corrected chi connectivity index (χ4v) is 4.54. The molecule has 3 heterocycles. The number of para-hydroxylation sites is 1. The van der Waals surface area contributed by atoms with Crippen molar-refractivity contribution in [1.82, 2.24) is 10.5 Å². The van der Waals surface area contributed by atoms with Crippen molar-refractivity contribution in [2.45, 2.75) is 36.1 Å². The van der Waals surface area contributed by atoms with Crippen LogP contribution >= 0.6 is 11.8 Å². The van der Waals surface area contributed by atoms with E-state index in [-0.39, 0.29) is 18.4 Å². The first-order valence-electron chi connectivity index (χ1n) is 7.42. The van der Waals surface area contributed by atoms with Crippen molar-refractivity contribution in [2.24, 2.45) is 0 Å². The summed E-state index contributed by atoms with van der Waals surface area (Å²) in [6, 6.07) is 9.42. The molecule has 0 aliphatic carbocycles. The lowest BCUT2D eigenvalue weighted by Crippen LogP contribution is -2.52. The lowest BCUT2D eigenvalue weighted by atomic mass is 10.2. The van der Waals surface area contributed by atoms with Crippen LogP contribution in [0.4, 0.5) is 5.69 Å². The number of amides is 2. The maximum Gasteiger partial charge on any atom is 0.257 e. The predicted molar refractivity (Wildman–Crippen MR) is 84.8 cm³/mol. The molecule has 0 unspecified atom stereocenters. The molecule has 7 heteroatoms. The van der Waals surface area contributed by atoms with Crippen LogP contribution in [0, 0.1) is 6.92 Å². The van der Waals surface area contributed by atoms with Gasteiger partial charge in [0.05, 0.1) is 17.9 Å². The highest BCUT2D eigenvalue weighted by Crippen LogP contribution is 2.55. The van der Waals surface area contributed by atoms with Crippen LogP contribution in [-0.4, -0.2) is 21.8 Å². The number of hydrogen-bond donors (Lipinski definition) is 1. The van der Waals surface area contributed by atoms with Crippen LogP contribution in [0.1, 0.15) is 24.3 Å². The molecule has 6 nitrogen and oxygen atoms in total. The summed E-state index contributed by atoms with van der Waals surface area (Å²) in [5.41, 5.74) is 1.60.